The summed E-state index contributed by atoms with van der Waals surface area (Å²) in [5.41, 5.74) is 1.91. The molecule has 1 N–H and O–H groups in total. The maximum Gasteiger partial charge on any atom is 0.162 e. The summed E-state index contributed by atoms with van der Waals surface area (Å²) >= 11 is 0. The number of anilines is 1. The fourth-order valence-corrected chi connectivity index (χ4v) is 2.92. The SMILES string of the molecule is CCC(=O)c1ccc(NCC(C)CN2CCCCC2)cc1. The molecule has 1 aliphatic rings. The molecule has 0 amide bonds. The highest BCUT2D eigenvalue weighted by Gasteiger charge is 2.13. The molecule has 0 aliphatic carbocycles. The van der Waals surface area contributed by atoms with Crippen LogP contribution in [0.4, 0.5) is 5.69 Å². The number of hydrogen-bond donors (Lipinski definition) is 1. The Hall–Kier alpha value is -1.35. The molecule has 0 aromatic heterocycles. The van der Waals surface area contributed by atoms with Crippen LogP contribution < -0.4 is 5.32 Å². The minimum absolute atomic E-state index is 0.208. The number of likely N-dealkylation sites (tertiary alicyclic amines) is 1. The van der Waals surface area contributed by atoms with Gasteiger partial charge in [-0.15, -0.1) is 0 Å². The summed E-state index contributed by atoms with van der Waals surface area (Å²) in [6, 6.07) is 7.86. The zero-order valence-corrected chi connectivity index (χ0v) is 13.4. The molecule has 0 saturated carbocycles. The molecule has 1 aromatic rings. The first-order chi connectivity index (χ1) is 10.2. The Morgan fingerprint density at radius 2 is 1.86 bits per heavy atom. The fourth-order valence-electron chi connectivity index (χ4n) is 2.92. The average molecular weight is 288 g/mol. The summed E-state index contributed by atoms with van der Waals surface area (Å²) in [4.78, 5) is 14.2. The van der Waals surface area contributed by atoms with Gasteiger partial charge in [-0.05, 0) is 56.1 Å². The number of hydrogen-bond acceptors (Lipinski definition) is 3. The van der Waals surface area contributed by atoms with Crippen LogP contribution in [0.5, 0.6) is 0 Å². The van der Waals surface area contributed by atoms with Gasteiger partial charge in [0.05, 0.1) is 0 Å². The molecular formula is C18H28N2O. The van der Waals surface area contributed by atoms with E-state index in [2.05, 4.69) is 17.1 Å². The van der Waals surface area contributed by atoms with Gasteiger partial charge in [0.15, 0.2) is 5.78 Å². The molecule has 2 rings (SSSR count). The van der Waals surface area contributed by atoms with Crippen LogP contribution in [0.25, 0.3) is 0 Å². The summed E-state index contributed by atoms with van der Waals surface area (Å²) in [6.45, 7) is 8.89. The van der Waals surface area contributed by atoms with Gasteiger partial charge >= 0.3 is 0 Å². The number of ketones is 1. The summed E-state index contributed by atoms with van der Waals surface area (Å²) in [5.74, 6) is 0.847. The number of rotatable bonds is 7. The van der Waals surface area contributed by atoms with Crippen molar-refractivity contribution in [2.75, 3.05) is 31.5 Å². The van der Waals surface area contributed by atoms with E-state index in [1.165, 1.54) is 38.9 Å². The Morgan fingerprint density at radius 3 is 2.48 bits per heavy atom. The Bertz CT molecular complexity index is 435. The minimum Gasteiger partial charge on any atom is -0.385 e. The molecular weight excluding hydrogens is 260 g/mol. The molecule has 21 heavy (non-hydrogen) atoms. The third-order valence-corrected chi connectivity index (χ3v) is 4.20. The van der Waals surface area contributed by atoms with E-state index in [-0.39, 0.29) is 5.78 Å². The van der Waals surface area contributed by atoms with Gasteiger partial charge in [-0.3, -0.25) is 4.79 Å². The first-order valence-corrected chi connectivity index (χ1v) is 8.28. The van der Waals surface area contributed by atoms with Gasteiger partial charge in [-0.2, -0.15) is 0 Å². The van der Waals surface area contributed by atoms with Crippen molar-refractivity contribution in [2.24, 2.45) is 5.92 Å². The highest BCUT2D eigenvalue weighted by Crippen LogP contribution is 2.14. The minimum atomic E-state index is 0.208. The number of carbonyl (C=O) groups excluding carboxylic acids is 1. The second kappa shape index (κ2) is 8.18. The Labute approximate surface area is 128 Å². The molecule has 1 aliphatic heterocycles. The van der Waals surface area contributed by atoms with E-state index in [4.69, 9.17) is 0 Å². The molecule has 1 fully saturated rings. The summed E-state index contributed by atoms with van der Waals surface area (Å²) in [5, 5.41) is 3.48. The second-order valence-corrected chi connectivity index (χ2v) is 6.20. The third-order valence-electron chi connectivity index (χ3n) is 4.20. The van der Waals surface area contributed by atoms with Crippen molar-refractivity contribution in [3.05, 3.63) is 29.8 Å². The van der Waals surface area contributed by atoms with Crippen LogP contribution in [0.1, 0.15) is 49.9 Å². The zero-order valence-electron chi connectivity index (χ0n) is 13.4. The number of piperidine rings is 1. The first-order valence-electron chi connectivity index (χ1n) is 8.28. The monoisotopic (exact) mass is 288 g/mol. The maximum absolute atomic E-state index is 11.6. The Morgan fingerprint density at radius 1 is 1.19 bits per heavy atom. The van der Waals surface area contributed by atoms with E-state index in [0.717, 1.165) is 17.8 Å². The van der Waals surface area contributed by atoms with Gasteiger partial charge in [0.1, 0.15) is 0 Å². The summed E-state index contributed by atoms with van der Waals surface area (Å²) in [6.07, 6.45) is 4.67. The molecule has 0 bridgehead atoms. The van der Waals surface area contributed by atoms with Crippen LogP contribution in [-0.4, -0.2) is 36.9 Å². The number of nitrogens with zero attached hydrogens (tertiary/aromatic N) is 1. The lowest BCUT2D eigenvalue weighted by Crippen LogP contribution is -2.35. The van der Waals surface area contributed by atoms with Crippen LogP contribution in [0, 0.1) is 5.92 Å². The molecule has 116 valence electrons. The molecule has 3 heteroatoms. The van der Waals surface area contributed by atoms with Crippen LogP contribution in [0.3, 0.4) is 0 Å². The van der Waals surface area contributed by atoms with E-state index in [9.17, 15) is 4.79 Å². The fraction of sp³-hybridized carbons (Fsp3) is 0.611. The second-order valence-electron chi connectivity index (χ2n) is 6.20. The quantitative estimate of drug-likeness (QED) is 0.774. The number of Topliss-reactive ketones (excluding diaryl/α,β-unsaturated/α-hetero) is 1. The van der Waals surface area contributed by atoms with Gasteiger partial charge in [0.2, 0.25) is 0 Å². The van der Waals surface area contributed by atoms with E-state index in [0.29, 0.717) is 12.3 Å². The maximum atomic E-state index is 11.6. The molecule has 0 radical (unpaired) electrons. The molecule has 1 aromatic carbocycles. The number of benzene rings is 1. The number of carbonyl (C=O) groups is 1. The van der Waals surface area contributed by atoms with Gasteiger partial charge in [-0.25, -0.2) is 0 Å². The first kappa shape index (κ1) is 16.0. The van der Waals surface area contributed by atoms with Crippen molar-refractivity contribution in [1.82, 2.24) is 4.90 Å². The molecule has 1 unspecified atom stereocenters. The predicted octanol–water partition coefficient (Wildman–Crippen LogP) is 3.81. The summed E-state index contributed by atoms with van der Waals surface area (Å²) < 4.78 is 0. The smallest absolute Gasteiger partial charge is 0.162 e. The topological polar surface area (TPSA) is 32.3 Å². The van der Waals surface area contributed by atoms with Gasteiger partial charge in [0.25, 0.3) is 0 Å². The van der Waals surface area contributed by atoms with E-state index in [1.807, 2.05) is 31.2 Å². The van der Waals surface area contributed by atoms with Crippen LogP contribution in [-0.2, 0) is 0 Å². The third kappa shape index (κ3) is 5.16. The van der Waals surface area contributed by atoms with Crippen molar-refractivity contribution < 1.29 is 4.79 Å². The van der Waals surface area contributed by atoms with E-state index >= 15 is 0 Å². The van der Waals surface area contributed by atoms with Crippen LogP contribution >= 0.6 is 0 Å². The van der Waals surface area contributed by atoms with Gasteiger partial charge in [-0.1, -0.05) is 20.3 Å². The predicted molar refractivity (Wildman–Crippen MR) is 89.0 cm³/mol. The largest absolute Gasteiger partial charge is 0.385 e. The van der Waals surface area contributed by atoms with Crippen molar-refractivity contribution in [1.29, 1.82) is 0 Å². The summed E-state index contributed by atoms with van der Waals surface area (Å²) in [7, 11) is 0. The Balaban J connectivity index is 1.75. The molecule has 1 saturated heterocycles. The zero-order chi connectivity index (χ0) is 15.1. The van der Waals surface area contributed by atoms with Crippen molar-refractivity contribution in [2.45, 2.75) is 39.5 Å². The molecule has 0 spiro atoms. The van der Waals surface area contributed by atoms with E-state index in [1.54, 1.807) is 0 Å². The molecule has 3 nitrogen and oxygen atoms in total. The van der Waals surface area contributed by atoms with Crippen LogP contribution in [0.15, 0.2) is 24.3 Å². The van der Waals surface area contributed by atoms with Gasteiger partial charge < -0.3 is 10.2 Å². The number of nitrogens with one attached hydrogen (secondary N) is 1. The lowest BCUT2D eigenvalue weighted by molar-refractivity contribution is 0.0988. The molecule has 1 atom stereocenters. The van der Waals surface area contributed by atoms with E-state index < -0.39 is 0 Å². The normalized spacial score (nSPS) is 17.4. The van der Waals surface area contributed by atoms with Crippen molar-refractivity contribution in [3.63, 3.8) is 0 Å². The highest BCUT2D eigenvalue weighted by molar-refractivity contribution is 5.96. The standard InChI is InChI=1S/C18H28N2O/c1-3-18(21)16-7-9-17(10-8-16)19-13-15(2)14-20-11-5-4-6-12-20/h7-10,15,19H,3-6,11-14H2,1-2H3. The van der Waals surface area contributed by atoms with Gasteiger partial charge in [0, 0.05) is 30.8 Å². The lowest BCUT2D eigenvalue weighted by Gasteiger charge is -2.29. The Kier molecular flexibility index (Phi) is 6.24. The van der Waals surface area contributed by atoms with Crippen molar-refractivity contribution in [3.8, 4) is 0 Å². The van der Waals surface area contributed by atoms with Crippen LogP contribution in [0.2, 0.25) is 0 Å². The molecule has 1 heterocycles. The lowest BCUT2D eigenvalue weighted by atomic mass is 10.1. The average Bonchev–Trinajstić information content (AvgIpc) is 2.53. The van der Waals surface area contributed by atoms with Crippen molar-refractivity contribution >= 4 is 11.5 Å². The highest BCUT2D eigenvalue weighted by atomic mass is 16.1.